The maximum atomic E-state index is 12.7. The van der Waals surface area contributed by atoms with Gasteiger partial charge in [0.25, 0.3) is 0 Å². The van der Waals surface area contributed by atoms with Crippen molar-refractivity contribution in [3.63, 3.8) is 0 Å². The number of halogens is 3. The standard InChI is InChI=1S/C16H10Cl3NO/c1-8-4-9(17)2-3-11(8)16(21)12-7-20-14-6-10(18)5-13(19)15(12)14/h2-7,20H,1H3. The molecule has 1 heterocycles. The Kier molecular flexibility index (Phi) is 3.70. The number of ketones is 1. The second-order valence-corrected chi connectivity index (χ2v) is 6.08. The monoisotopic (exact) mass is 337 g/mol. The molecule has 0 aliphatic heterocycles. The molecule has 0 fully saturated rings. The molecule has 0 radical (unpaired) electrons. The summed E-state index contributed by atoms with van der Waals surface area (Å²) in [7, 11) is 0. The predicted molar refractivity (Wildman–Crippen MR) is 87.9 cm³/mol. The quantitative estimate of drug-likeness (QED) is 0.600. The van der Waals surface area contributed by atoms with Crippen molar-refractivity contribution in [2.45, 2.75) is 6.92 Å². The summed E-state index contributed by atoms with van der Waals surface area (Å²) in [5.74, 6) is -0.0976. The summed E-state index contributed by atoms with van der Waals surface area (Å²) in [6, 6.07) is 8.57. The van der Waals surface area contributed by atoms with Gasteiger partial charge in [-0.1, -0.05) is 34.8 Å². The summed E-state index contributed by atoms with van der Waals surface area (Å²) in [6.07, 6.45) is 1.66. The molecule has 0 unspecified atom stereocenters. The molecule has 0 atom stereocenters. The van der Waals surface area contributed by atoms with Crippen molar-refractivity contribution in [3.05, 3.63) is 68.3 Å². The molecule has 0 spiro atoms. The third kappa shape index (κ3) is 2.55. The van der Waals surface area contributed by atoms with Gasteiger partial charge in [0, 0.05) is 38.3 Å². The molecule has 0 amide bonds. The lowest BCUT2D eigenvalue weighted by atomic mass is 9.99. The SMILES string of the molecule is Cc1cc(Cl)ccc1C(=O)c1c[nH]c2cc(Cl)cc(Cl)c12. The Morgan fingerprint density at radius 1 is 1.00 bits per heavy atom. The van der Waals surface area contributed by atoms with E-state index < -0.39 is 0 Å². The van der Waals surface area contributed by atoms with Crippen molar-refractivity contribution in [3.8, 4) is 0 Å². The number of nitrogens with one attached hydrogen (secondary N) is 1. The number of aryl methyl sites for hydroxylation is 1. The van der Waals surface area contributed by atoms with Crippen LogP contribution in [0.15, 0.2) is 36.5 Å². The maximum absolute atomic E-state index is 12.7. The first kappa shape index (κ1) is 14.5. The fraction of sp³-hybridized carbons (Fsp3) is 0.0625. The Hall–Kier alpha value is -1.48. The zero-order chi connectivity index (χ0) is 15.1. The lowest BCUT2D eigenvalue weighted by Crippen LogP contribution is -2.03. The molecule has 5 heteroatoms. The molecule has 3 aromatic rings. The summed E-state index contributed by atoms with van der Waals surface area (Å²) >= 11 is 18.1. The minimum absolute atomic E-state index is 0.0976. The maximum Gasteiger partial charge on any atom is 0.195 e. The first-order valence-electron chi connectivity index (χ1n) is 6.24. The van der Waals surface area contributed by atoms with Crippen LogP contribution in [-0.2, 0) is 0 Å². The molecule has 0 aliphatic carbocycles. The highest BCUT2D eigenvalue weighted by molar-refractivity contribution is 6.40. The zero-order valence-electron chi connectivity index (χ0n) is 11.0. The van der Waals surface area contributed by atoms with Gasteiger partial charge in [0.2, 0.25) is 0 Å². The van der Waals surface area contributed by atoms with Gasteiger partial charge in [-0.2, -0.15) is 0 Å². The van der Waals surface area contributed by atoms with E-state index in [0.717, 1.165) is 11.1 Å². The molecular formula is C16H10Cl3NO. The van der Waals surface area contributed by atoms with E-state index >= 15 is 0 Å². The van der Waals surface area contributed by atoms with Crippen molar-refractivity contribution in [2.75, 3.05) is 0 Å². The van der Waals surface area contributed by atoms with E-state index in [1.807, 2.05) is 6.92 Å². The molecule has 3 rings (SSSR count). The normalized spacial score (nSPS) is 11.0. The summed E-state index contributed by atoms with van der Waals surface area (Å²) in [6.45, 7) is 1.85. The van der Waals surface area contributed by atoms with E-state index in [2.05, 4.69) is 4.98 Å². The number of carbonyl (C=O) groups is 1. The second-order valence-electron chi connectivity index (χ2n) is 4.80. The summed E-state index contributed by atoms with van der Waals surface area (Å²) in [5, 5.41) is 2.26. The van der Waals surface area contributed by atoms with Crippen LogP contribution in [0.2, 0.25) is 15.1 Å². The Morgan fingerprint density at radius 2 is 1.76 bits per heavy atom. The van der Waals surface area contributed by atoms with Crippen LogP contribution in [0.1, 0.15) is 21.5 Å². The lowest BCUT2D eigenvalue weighted by Gasteiger charge is -2.05. The number of fused-ring (bicyclic) bond motifs is 1. The highest BCUT2D eigenvalue weighted by atomic mass is 35.5. The molecule has 21 heavy (non-hydrogen) atoms. The number of rotatable bonds is 2. The Balaban J connectivity index is 2.18. The van der Waals surface area contributed by atoms with E-state index in [0.29, 0.717) is 31.6 Å². The molecule has 106 valence electrons. The van der Waals surface area contributed by atoms with Crippen molar-refractivity contribution >= 4 is 51.5 Å². The lowest BCUT2D eigenvalue weighted by molar-refractivity contribution is 0.104. The number of hydrogen-bond acceptors (Lipinski definition) is 1. The number of hydrogen-bond donors (Lipinski definition) is 1. The molecule has 2 aromatic carbocycles. The van der Waals surface area contributed by atoms with E-state index in [9.17, 15) is 4.79 Å². The Morgan fingerprint density at radius 3 is 2.48 bits per heavy atom. The van der Waals surface area contributed by atoms with Gasteiger partial charge in [0.05, 0.1) is 5.02 Å². The minimum Gasteiger partial charge on any atom is -0.360 e. The van der Waals surface area contributed by atoms with Crippen LogP contribution < -0.4 is 0 Å². The number of aromatic nitrogens is 1. The number of benzene rings is 2. The number of carbonyl (C=O) groups excluding carboxylic acids is 1. The van der Waals surface area contributed by atoms with Crippen LogP contribution in [-0.4, -0.2) is 10.8 Å². The predicted octanol–water partition coefficient (Wildman–Crippen LogP) is 5.67. The third-order valence-corrected chi connectivity index (χ3v) is 4.13. The molecule has 0 saturated carbocycles. The molecule has 1 N–H and O–H groups in total. The van der Waals surface area contributed by atoms with Crippen molar-refractivity contribution in [1.82, 2.24) is 4.98 Å². The summed E-state index contributed by atoms with van der Waals surface area (Å²) in [4.78, 5) is 15.8. The van der Waals surface area contributed by atoms with Crippen LogP contribution in [0, 0.1) is 6.92 Å². The van der Waals surface area contributed by atoms with E-state index in [1.165, 1.54) is 0 Å². The fourth-order valence-electron chi connectivity index (χ4n) is 2.39. The van der Waals surface area contributed by atoms with Crippen LogP contribution in [0.4, 0.5) is 0 Å². The molecule has 0 aliphatic rings. The smallest absolute Gasteiger partial charge is 0.195 e. The van der Waals surface area contributed by atoms with E-state index in [-0.39, 0.29) is 5.78 Å². The average Bonchev–Trinajstić information content (AvgIpc) is 2.81. The van der Waals surface area contributed by atoms with Gasteiger partial charge in [-0.05, 0) is 42.8 Å². The van der Waals surface area contributed by atoms with E-state index in [4.69, 9.17) is 34.8 Å². The Bertz CT molecular complexity index is 867. The molecule has 0 bridgehead atoms. The van der Waals surface area contributed by atoms with Crippen molar-refractivity contribution in [2.24, 2.45) is 0 Å². The van der Waals surface area contributed by atoms with Gasteiger partial charge in [-0.15, -0.1) is 0 Å². The van der Waals surface area contributed by atoms with Gasteiger partial charge < -0.3 is 4.98 Å². The van der Waals surface area contributed by atoms with Crippen LogP contribution >= 0.6 is 34.8 Å². The summed E-state index contributed by atoms with van der Waals surface area (Å²) in [5.41, 5.74) is 2.69. The first-order valence-corrected chi connectivity index (χ1v) is 7.38. The topological polar surface area (TPSA) is 32.9 Å². The number of H-pyrrole nitrogens is 1. The molecule has 1 aromatic heterocycles. The van der Waals surface area contributed by atoms with Crippen LogP contribution in [0.25, 0.3) is 10.9 Å². The first-order chi connectivity index (χ1) is 9.97. The van der Waals surface area contributed by atoms with Crippen molar-refractivity contribution in [1.29, 1.82) is 0 Å². The van der Waals surface area contributed by atoms with Gasteiger partial charge in [-0.25, -0.2) is 0 Å². The minimum atomic E-state index is -0.0976. The average molecular weight is 339 g/mol. The Labute approximate surface area is 136 Å². The highest BCUT2D eigenvalue weighted by Gasteiger charge is 2.18. The zero-order valence-corrected chi connectivity index (χ0v) is 13.3. The molecule has 0 saturated heterocycles. The summed E-state index contributed by atoms with van der Waals surface area (Å²) < 4.78 is 0. The van der Waals surface area contributed by atoms with Crippen molar-refractivity contribution < 1.29 is 4.79 Å². The van der Waals surface area contributed by atoms with Gasteiger partial charge in [0.15, 0.2) is 5.78 Å². The van der Waals surface area contributed by atoms with Crippen LogP contribution in [0.5, 0.6) is 0 Å². The fourth-order valence-corrected chi connectivity index (χ4v) is 3.21. The van der Waals surface area contributed by atoms with Crippen LogP contribution in [0.3, 0.4) is 0 Å². The largest absolute Gasteiger partial charge is 0.360 e. The van der Waals surface area contributed by atoms with Gasteiger partial charge in [-0.3, -0.25) is 4.79 Å². The van der Waals surface area contributed by atoms with Gasteiger partial charge >= 0.3 is 0 Å². The highest BCUT2D eigenvalue weighted by Crippen LogP contribution is 2.32. The molecular weight excluding hydrogens is 329 g/mol. The van der Waals surface area contributed by atoms with Gasteiger partial charge in [0.1, 0.15) is 0 Å². The second kappa shape index (κ2) is 5.38. The molecule has 2 nitrogen and oxygen atoms in total. The van der Waals surface area contributed by atoms with E-state index in [1.54, 1.807) is 36.5 Å². The number of aromatic amines is 1. The third-order valence-electron chi connectivity index (χ3n) is 3.37.